The van der Waals surface area contributed by atoms with Gasteiger partial charge in [-0.2, -0.15) is 0 Å². The molecule has 0 aliphatic carbocycles. The molecule has 1 aliphatic heterocycles. The number of carbonyl (C=O) groups is 1. The summed E-state index contributed by atoms with van der Waals surface area (Å²) in [6.07, 6.45) is 0.661. The summed E-state index contributed by atoms with van der Waals surface area (Å²) in [5, 5.41) is 3.71. The molecule has 120 valence electrons. The first-order valence-corrected chi connectivity index (χ1v) is 8.60. The van der Waals surface area contributed by atoms with E-state index in [1.165, 1.54) is 0 Å². The molecule has 1 saturated heterocycles. The second kappa shape index (κ2) is 7.20. The molecule has 1 fully saturated rings. The van der Waals surface area contributed by atoms with Gasteiger partial charge in [-0.15, -0.1) is 0 Å². The van der Waals surface area contributed by atoms with Gasteiger partial charge in [-0.05, 0) is 42.3 Å². The van der Waals surface area contributed by atoms with Crippen LogP contribution in [0.5, 0.6) is 0 Å². The molecule has 3 rings (SSSR count). The van der Waals surface area contributed by atoms with E-state index in [4.69, 9.17) is 23.2 Å². The summed E-state index contributed by atoms with van der Waals surface area (Å²) < 4.78 is 1.03. The highest BCUT2D eigenvalue weighted by atomic mass is 79.9. The number of nitrogens with one attached hydrogen (secondary N) is 3. The first-order valence-electron chi connectivity index (χ1n) is 7.05. The number of hydrogen-bond acceptors (Lipinski definition) is 3. The Hall–Kier alpha value is -1.11. The molecule has 2 aromatic rings. The lowest BCUT2D eigenvalue weighted by molar-refractivity contribution is -0.117. The molecule has 0 saturated carbocycles. The maximum atomic E-state index is 12.3. The van der Waals surface area contributed by atoms with Gasteiger partial charge < -0.3 is 5.32 Å². The lowest BCUT2D eigenvalue weighted by Gasteiger charge is -2.11. The minimum absolute atomic E-state index is 0.0904. The van der Waals surface area contributed by atoms with Crippen molar-refractivity contribution in [3.8, 4) is 0 Å². The van der Waals surface area contributed by atoms with Gasteiger partial charge in [0.25, 0.3) is 0 Å². The summed E-state index contributed by atoms with van der Waals surface area (Å²) in [4.78, 5) is 12.3. The maximum absolute atomic E-state index is 12.3. The van der Waals surface area contributed by atoms with Gasteiger partial charge in [-0.1, -0.05) is 51.3 Å². The number of hydrazine groups is 1. The minimum atomic E-state index is -0.321. The lowest BCUT2D eigenvalue weighted by Crippen LogP contribution is -2.39. The standard InChI is InChI=1S/C16H14BrCl2N3O/c17-10-3-1-9(2-4-10)14-8-15(22-21-14)16(23)20-11-5-6-12(18)13(19)7-11/h1-7,14-15,21-22H,8H2,(H,20,23). The molecule has 0 aromatic heterocycles. The Balaban J connectivity index is 1.63. The molecule has 2 atom stereocenters. The van der Waals surface area contributed by atoms with Gasteiger partial charge in [0, 0.05) is 16.2 Å². The Morgan fingerprint density at radius 2 is 1.83 bits per heavy atom. The predicted octanol–water partition coefficient (Wildman–Crippen LogP) is 4.30. The summed E-state index contributed by atoms with van der Waals surface area (Å²) in [5.41, 5.74) is 7.94. The highest BCUT2D eigenvalue weighted by molar-refractivity contribution is 9.10. The molecule has 1 amide bonds. The van der Waals surface area contributed by atoms with Crippen LogP contribution >= 0.6 is 39.1 Å². The molecule has 1 heterocycles. The van der Waals surface area contributed by atoms with Gasteiger partial charge in [0.15, 0.2) is 0 Å². The SMILES string of the molecule is O=C(Nc1ccc(Cl)c(Cl)c1)C1CC(c2ccc(Br)cc2)NN1. The number of halogens is 3. The van der Waals surface area contributed by atoms with E-state index in [1.54, 1.807) is 18.2 Å². The highest BCUT2D eigenvalue weighted by Gasteiger charge is 2.30. The van der Waals surface area contributed by atoms with E-state index in [1.807, 2.05) is 24.3 Å². The quantitative estimate of drug-likeness (QED) is 0.701. The number of hydrogen-bond donors (Lipinski definition) is 3. The Labute approximate surface area is 152 Å². The molecule has 0 spiro atoms. The van der Waals surface area contributed by atoms with E-state index >= 15 is 0 Å². The fourth-order valence-electron chi connectivity index (χ4n) is 2.45. The average Bonchev–Trinajstić information content (AvgIpc) is 3.02. The Morgan fingerprint density at radius 1 is 1.09 bits per heavy atom. The van der Waals surface area contributed by atoms with Crippen LogP contribution in [0.3, 0.4) is 0 Å². The van der Waals surface area contributed by atoms with Crippen LogP contribution < -0.4 is 16.2 Å². The number of carbonyl (C=O) groups excluding carboxylic acids is 1. The van der Waals surface area contributed by atoms with Crippen LogP contribution in [0.2, 0.25) is 10.0 Å². The van der Waals surface area contributed by atoms with Crippen LogP contribution in [0.4, 0.5) is 5.69 Å². The van der Waals surface area contributed by atoms with Crippen LogP contribution in [-0.2, 0) is 4.79 Å². The van der Waals surface area contributed by atoms with Crippen LogP contribution in [0.1, 0.15) is 18.0 Å². The third kappa shape index (κ3) is 4.05. The third-order valence-corrected chi connectivity index (χ3v) is 4.95. The van der Waals surface area contributed by atoms with Crippen molar-refractivity contribution in [1.82, 2.24) is 10.9 Å². The van der Waals surface area contributed by atoms with Crippen LogP contribution in [-0.4, -0.2) is 11.9 Å². The molecule has 23 heavy (non-hydrogen) atoms. The van der Waals surface area contributed by atoms with Crippen LogP contribution in [0, 0.1) is 0 Å². The Kier molecular flexibility index (Phi) is 5.24. The summed E-state index contributed by atoms with van der Waals surface area (Å²) in [6.45, 7) is 0. The molecule has 1 aliphatic rings. The van der Waals surface area contributed by atoms with Crippen molar-refractivity contribution in [2.24, 2.45) is 0 Å². The summed E-state index contributed by atoms with van der Waals surface area (Å²) >= 11 is 15.2. The van der Waals surface area contributed by atoms with E-state index in [2.05, 4.69) is 32.1 Å². The number of anilines is 1. The van der Waals surface area contributed by atoms with Crippen molar-refractivity contribution in [2.45, 2.75) is 18.5 Å². The van der Waals surface area contributed by atoms with E-state index in [0.29, 0.717) is 22.2 Å². The largest absolute Gasteiger partial charge is 0.325 e. The first-order chi connectivity index (χ1) is 11.0. The second-order valence-electron chi connectivity index (χ2n) is 5.30. The van der Waals surface area contributed by atoms with Crippen molar-refractivity contribution in [3.05, 3.63) is 62.5 Å². The van der Waals surface area contributed by atoms with Crippen molar-refractivity contribution >= 4 is 50.7 Å². The molecule has 7 heteroatoms. The fourth-order valence-corrected chi connectivity index (χ4v) is 3.01. The van der Waals surface area contributed by atoms with Gasteiger partial charge in [-0.3, -0.25) is 4.79 Å². The monoisotopic (exact) mass is 413 g/mol. The molecule has 3 N–H and O–H groups in total. The zero-order valence-corrected chi connectivity index (χ0v) is 15.0. The van der Waals surface area contributed by atoms with Crippen LogP contribution in [0.25, 0.3) is 0 Å². The number of rotatable bonds is 3. The van der Waals surface area contributed by atoms with Gasteiger partial charge in [0.1, 0.15) is 6.04 Å². The summed E-state index contributed by atoms with van der Waals surface area (Å²) in [7, 11) is 0. The maximum Gasteiger partial charge on any atom is 0.242 e. The van der Waals surface area contributed by atoms with Crippen molar-refractivity contribution in [3.63, 3.8) is 0 Å². The number of benzene rings is 2. The average molecular weight is 415 g/mol. The number of amides is 1. The molecule has 2 unspecified atom stereocenters. The topological polar surface area (TPSA) is 53.2 Å². The van der Waals surface area contributed by atoms with Gasteiger partial charge >= 0.3 is 0 Å². The van der Waals surface area contributed by atoms with Crippen LogP contribution in [0.15, 0.2) is 46.9 Å². The van der Waals surface area contributed by atoms with E-state index < -0.39 is 0 Å². The van der Waals surface area contributed by atoms with E-state index in [9.17, 15) is 4.79 Å². The highest BCUT2D eigenvalue weighted by Crippen LogP contribution is 2.27. The first kappa shape index (κ1) is 16.7. The lowest BCUT2D eigenvalue weighted by atomic mass is 10.0. The molecule has 0 bridgehead atoms. The van der Waals surface area contributed by atoms with E-state index in [0.717, 1.165) is 10.0 Å². The molecule has 0 radical (unpaired) electrons. The molecular formula is C16H14BrCl2N3O. The predicted molar refractivity (Wildman–Crippen MR) is 96.7 cm³/mol. The fraction of sp³-hybridized carbons (Fsp3) is 0.188. The molecular weight excluding hydrogens is 401 g/mol. The van der Waals surface area contributed by atoms with Gasteiger partial charge in [0.2, 0.25) is 5.91 Å². The minimum Gasteiger partial charge on any atom is -0.325 e. The third-order valence-electron chi connectivity index (χ3n) is 3.68. The zero-order chi connectivity index (χ0) is 16.4. The zero-order valence-electron chi connectivity index (χ0n) is 11.9. The van der Waals surface area contributed by atoms with Crippen molar-refractivity contribution in [1.29, 1.82) is 0 Å². The normalized spacial score (nSPS) is 20.5. The smallest absolute Gasteiger partial charge is 0.242 e. The molecule has 2 aromatic carbocycles. The van der Waals surface area contributed by atoms with Crippen molar-refractivity contribution < 1.29 is 4.79 Å². The van der Waals surface area contributed by atoms with Gasteiger partial charge in [0.05, 0.1) is 10.0 Å². The molecule has 4 nitrogen and oxygen atoms in total. The van der Waals surface area contributed by atoms with E-state index in [-0.39, 0.29) is 18.0 Å². The Bertz CT molecular complexity index is 724. The summed E-state index contributed by atoms with van der Waals surface area (Å²) in [6, 6.07) is 12.8. The Morgan fingerprint density at radius 3 is 2.52 bits per heavy atom. The second-order valence-corrected chi connectivity index (χ2v) is 7.03. The van der Waals surface area contributed by atoms with Gasteiger partial charge in [-0.25, -0.2) is 10.9 Å². The summed E-state index contributed by atoms with van der Waals surface area (Å²) in [5.74, 6) is -0.115. The van der Waals surface area contributed by atoms with Crippen molar-refractivity contribution in [2.75, 3.05) is 5.32 Å².